The molecule has 0 aliphatic carbocycles. The minimum absolute atomic E-state index is 0.898. The van der Waals surface area contributed by atoms with Gasteiger partial charge in [-0.05, 0) is 32.0 Å². The number of thiazole rings is 1. The molecule has 0 radical (unpaired) electrons. The zero-order valence-corrected chi connectivity index (χ0v) is 12.8. The molecule has 1 N–H and O–H groups in total. The van der Waals surface area contributed by atoms with E-state index in [1.165, 1.54) is 21.7 Å². The van der Waals surface area contributed by atoms with Crippen molar-refractivity contribution in [1.82, 2.24) is 10.3 Å². The summed E-state index contributed by atoms with van der Waals surface area (Å²) in [6.07, 6.45) is 1.96. The SMILES string of the molecule is CCNCc1cnc(N(C)c2ccc(C)cc2C)s1. The first kappa shape index (κ1) is 14.0. The summed E-state index contributed by atoms with van der Waals surface area (Å²) in [5, 5.41) is 4.37. The van der Waals surface area contributed by atoms with Crippen molar-refractivity contribution in [2.75, 3.05) is 18.5 Å². The second-order valence-electron chi connectivity index (χ2n) is 4.74. The summed E-state index contributed by atoms with van der Waals surface area (Å²) in [5.74, 6) is 0. The summed E-state index contributed by atoms with van der Waals surface area (Å²) in [6, 6.07) is 6.51. The zero-order valence-electron chi connectivity index (χ0n) is 12.0. The average molecular weight is 275 g/mol. The van der Waals surface area contributed by atoms with Gasteiger partial charge in [0.15, 0.2) is 5.13 Å². The molecule has 0 saturated heterocycles. The Morgan fingerprint density at radius 2 is 2.11 bits per heavy atom. The molecule has 1 aromatic carbocycles. The highest BCUT2D eigenvalue weighted by atomic mass is 32.1. The summed E-state index contributed by atoms with van der Waals surface area (Å²) in [5.41, 5.74) is 3.79. The highest BCUT2D eigenvalue weighted by Crippen LogP contribution is 2.30. The number of anilines is 2. The van der Waals surface area contributed by atoms with Crippen molar-refractivity contribution in [3.8, 4) is 0 Å². The van der Waals surface area contributed by atoms with Crippen molar-refractivity contribution in [2.45, 2.75) is 27.3 Å². The Morgan fingerprint density at radius 3 is 2.79 bits per heavy atom. The van der Waals surface area contributed by atoms with Gasteiger partial charge >= 0.3 is 0 Å². The quantitative estimate of drug-likeness (QED) is 0.903. The summed E-state index contributed by atoms with van der Waals surface area (Å²) >= 11 is 1.74. The van der Waals surface area contributed by atoms with Crippen LogP contribution in [0.15, 0.2) is 24.4 Å². The van der Waals surface area contributed by atoms with Gasteiger partial charge in [-0.3, -0.25) is 0 Å². The smallest absolute Gasteiger partial charge is 0.189 e. The minimum atomic E-state index is 0.898. The Hall–Kier alpha value is -1.39. The first-order chi connectivity index (χ1) is 9.11. The average Bonchev–Trinajstić information content (AvgIpc) is 2.84. The van der Waals surface area contributed by atoms with Gasteiger partial charge in [0.1, 0.15) is 0 Å². The van der Waals surface area contributed by atoms with Gasteiger partial charge < -0.3 is 10.2 Å². The molecule has 0 amide bonds. The lowest BCUT2D eigenvalue weighted by molar-refractivity contribution is 0.734. The first-order valence-corrected chi connectivity index (χ1v) is 7.40. The maximum Gasteiger partial charge on any atom is 0.189 e. The fourth-order valence-corrected chi connectivity index (χ4v) is 2.92. The van der Waals surface area contributed by atoms with E-state index in [4.69, 9.17) is 0 Å². The van der Waals surface area contributed by atoms with Crippen molar-refractivity contribution in [2.24, 2.45) is 0 Å². The number of benzene rings is 1. The molecule has 0 atom stereocenters. The highest BCUT2D eigenvalue weighted by molar-refractivity contribution is 7.15. The van der Waals surface area contributed by atoms with Gasteiger partial charge in [0.25, 0.3) is 0 Å². The van der Waals surface area contributed by atoms with Crippen LogP contribution in [0.2, 0.25) is 0 Å². The molecular weight excluding hydrogens is 254 g/mol. The van der Waals surface area contributed by atoms with Crippen LogP contribution < -0.4 is 10.2 Å². The summed E-state index contributed by atoms with van der Waals surface area (Å²) in [7, 11) is 2.08. The molecule has 0 saturated carbocycles. The Balaban J connectivity index is 2.18. The topological polar surface area (TPSA) is 28.2 Å². The Bertz CT molecular complexity index is 548. The lowest BCUT2D eigenvalue weighted by Gasteiger charge is -2.18. The van der Waals surface area contributed by atoms with E-state index in [0.29, 0.717) is 0 Å². The van der Waals surface area contributed by atoms with E-state index in [1.807, 2.05) is 6.20 Å². The number of hydrogen-bond donors (Lipinski definition) is 1. The molecule has 2 aromatic rings. The monoisotopic (exact) mass is 275 g/mol. The number of nitrogens with zero attached hydrogens (tertiary/aromatic N) is 2. The molecule has 4 heteroatoms. The zero-order chi connectivity index (χ0) is 13.8. The molecule has 19 heavy (non-hydrogen) atoms. The molecular formula is C15H21N3S. The maximum absolute atomic E-state index is 4.51. The molecule has 0 spiro atoms. The van der Waals surface area contributed by atoms with Gasteiger partial charge in [-0.15, -0.1) is 11.3 Å². The number of aromatic nitrogens is 1. The third-order valence-corrected chi connectivity index (χ3v) is 4.16. The summed E-state index contributed by atoms with van der Waals surface area (Å²) in [6.45, 7) is 8.26. The van der Waals surface area contributed by atoms with Gasteiger partial charge in [-0.1, -0.05) is 24.6 Å². The van der Waals surface area contributed by atoms with Gasteiger partial charge in [-0.25, -0.2) is 4.98 Å². The summed E-state index contributed by atoms with van der Waals surface area (Å²) < 4.78 is 0. The predicted octanol–water partition coefficient (Wildman–Crippen LogP) is 3.64. The third kappa shape index (κ3) is 3.33. The molecule has 0 aliphatic heterocycles. The summed E-state index contributed by atoms with van der Waals surface area (Å²) in [4.78, 5) is 7.95. The van der Waals surface area contributed by atoms with Crippen LogP contribution >= 0.6 is 11.3 Å². The number of aryl methyl sites for hydroxylation is 2. The van der Waals surface area contributed by atoms with E-state index in [9.17, 15) is 0 Å². The Morgan fingerprint density at radius 1 is 1.32 bits per heavy atom. The van der Waals surface area contributed by atoms with E-state index in [-0.39, 0.29) is 0 Å². The maximum atomic E-state index is 4.51. The van der Waals surface area contributed by atoms with Crippen molar-refractivity contribution in [3.05, 3.63) is 40.4 Å². The van der Waals surface area contributed by atoms with Gasteiger partial charge in [0.2, 0.25) is 0 Å². The largest absolute Gasteiger partial charge is 0.321 e. The van der Waals surface area contributed by atoms with Crippen LogP contribution in [0.25, 0.3) is 0 Å². The van der Waals surface area contributed by atoms with Crippen LogP contribution in [0.1, 0.15) is 22.9 Å². The molecule has 102 valence electrons. The molecule has 2 rings (SSSR count). The predicted molar refractivity (Wildman–Crippen MR) is 83.5 cm³/mol. The van der Waals surface area contributed by atoms with Gasteiger partial charge in [0, 0.05) is 30.4 Å². The first-order valence-electron chi connectivity index (χ1n) is 6.58. The van der Waals surface area contributed by atoms with E-state index < -0.39 is 0 Å². The van der Waals surface area contributed by atoms with Crippen molar-refractivity contribution in [3.63, 3.8) is 0 Å². The normalized spacial score (nSPS) is 10.7. The number of rotatable bonds is 5. The fraction of sp³-hybridized carbons (Fsp3) is 0.400. The third-order valence-electron chi connectivity index (χ3n) is 3.09. The molecule has 3 nitrogen and oxygen atoms in total. The molecule has 1 heterocycles. The van der Waals surface area contributed by atoms with E-state index >= 15 is 0 Å². The second-order valence-corrected chi connectivity index (χ2v) is 5.83. The van der Waals surface area contributed by atoms with Crippen molar-refractivity contribution >= 4 is 22.2 Å². The van der Waals surface area contributed by atoms with Gasteiger partial charge in [0.05, 0.1) is 0 Å². The molecule has 1 aromatic heterocycles. The molecule has 0 aliphatic rings. The van der Waals surface area contributed by atoms with E-state index in [0.717, 1.165) is 18.2 Å². The van der Waals surface area contributed by atoms with Crippen LogP contribution in [0.5, 0.6) is 0 Å². The Kier molecular flexibility index (Phi) is 4.56. The van der Waals surface area contributed by atoms with E-state index in [1.54, 1.807) is 11.3 Å². The lowest BCUT2D eigenvalue weighted by atomic mass is 10.1. The number of hydrogen-bond acceptors (Lipinski definition) is 4. The van der Waals surface area contributed by atoms with Crippen LogP contribution in [0, 0.1) is 13.8 Å². The second kappa shape index (κ2) is 6.17. The van der Waals surface area contributed by atoms with Crippen LogP contribution in [0.4, 0.5) is 10.8 Å². The number of nitrogens with one attached hydrogen (secondary N) is 1. The van der Waals surface area contributed by atoms with Gasteiger partial charge in [-0.2, -0.15) is 0 Å². The van der Waals surface area contributed by atoms with Crippen LogP contribution in [-0.2, 0) is 6.54 Å². The van der Waals surface area contributed by atoms with Crippen molar-refractivity contribution in [1.29, 1.82) is 0 Å². The Labute approximate surface area is 119 Å². The van der Waals surface area contributed by atoms with Crippen molar-refractivity contribution < 1.29 is 0 Å². The molecule has 0 unspecified atom stereocenters. The highest BCUT2D eigenvalue weighted by Gasteiger charge is 2.11. The molecule has 0 bridgehead atoms. The molecule has 0 fully saturated rings. The van der Waals surface area contributed by atoms with Crippen LogP contribution in [-0.4, -0.2) is 18.6 Å². The van der Waals surface area contributed by atoms with E-state index in [2.05, 4.69) is 61.2 Å². The fourth-order valence-electron chi connectivity index (χ4n) is 2.07. The lowest BCUT2D eigenvalue weighted by Crippen LogP contribution is -2.11. The standard InChI is InChI=1S/C15H21N3S/c1-5-16-9-13-10-17-15(19-13)18(4)14-7-6-11(2)8-12(14)3/h6-8,10,16H,5,9H2,1-4H3. The minimum Gasteiger partial charge on any atom is -0.321 e. The van der Waals surface area contributed by atoms with Crippen LogP contribution in [0.3, 0.4) is 0 Å².